The van der Waals surface area contributed by atoms with Gasteiger partial charge in [-0.15, -0.1) is 0 Å². The van der Waals surface area contributed by atoms with Gasteiger partial charge in [0.1, 0.15) is 0 Å². The molecule has 0 atom stereocenters. The van der Waals surface area contributed by atoms with Gasteiger partial charge in [-0.2, -0.15) is 0 Å². The molecule has 1 fully saturated rings. The Hall–Kier alpha value is 1.02. The SMILES string of the molecule is C1CCCCC1.ClI. The van der Waals surface area contributed by atoms with E-state index >= 15 is 0 Å². The van der Waals surface area contributed by atoms with Gasteiger partial charge in [0.2, 0.25) is 0 Å². The average Bonchev–Trinajstić information content (AvgIpc) is 1.96. The van der Waals surface area contributed by atoms with Crippen molar-refractivity contribution in [2.24, 2.45) is 0 Å². The monoisotopic (exact) mass is 246 g/mol. The molecule has 0 aromatic heterocycles. The van der Waals surface area contributed by atoms with Crippen LogP contribution in [0, 0.1) is 0 Å². The fraction of sp³-hybridized carbons (Fsp3) is 1.00. The van der Waals surface area contributed by atoms with Crippen LogP contribution < -0.4 is 0 Å². The van der Waals surface area contributed by atoms with Gasteiger partial charge in [0.25, 0.3) is 0 Å². The van der Waals surface area contributed by atoms with Crippen LogP contribution in [0.4, 0.5) is 0 Å². The highest BCUT2D eigenvalue weighted by atomic mass is 127. The summed E-state index contributed by atoms with van der Waals surface area (Å²) in [6.45, 7) is 0. The number of hydrogen-bond donors (Lipinski definition) is 0. The first-order valence-electron chi connectivity index (χ1n) is 3.14. The van der Waals surface area contributed by atoms with Crippen molar-refractivity contribution in [2.75, 3.05) is 0 Å². The summed E-state index contributed by atoms with van der Waals surface area (Å²) in [7, 11) is 4.61. The van der Waals surface area contributed by atoms with Gasteiger partial charge in [-0.25, -0.2) is 0 Å². The van der Waals surface area contributed by atoms with Crippen molar-refractivity contribution >= 4 is 30.4 Å². The van der Waals surface area contributed by atoms with E-state index in [4.69, 9.17) is 0 Å². The van der Waals surface area contributed by atoms with Crippen molar-refractivity contribution in [3.63, 3.8) is 0 Å². The van der Waals surface area contributed by atoms with Crippen LogP contribution in [0.3, 0.4) is 0 Å². The van der Waals surface area contributed by atoms with E-state index in [1.54, 1.807) is 21.5 Å². The van der Waals surface area contributed by atoms with Crippen molar-refractivity contribution < 1.29 is 0 Å². The van der Waals surface area contributed by atoms with Crippen LogP contribution in [0.15, 0.2) is 0 Å². The molecule has 8 heavy (non-hydrogen) atoms. The van der Waals surface area contributed by atoms with Gasteiger partial charge in [0.15, 0.2) is 0 Å². The lowest BCUT2D eigenvalue weighted by Crippen LogP contribution is -1.85. The topological polar surface area (TPSA) is 0 Å². The zero-order valence-electron chi connectivity index (χ0n) is 5.00. The third kappa shape index (κ3) is 5.16. The van der Waals surface area contributed by atoms with E-state index in [-0.39, 0.29) is 0 Å². The normalized spacial score (nSPS) is 18.8. The average molecular weight is 247 g/mol. The largest absolute Gasteiger partial charge is 0.0533 e. The minimum Gasteiger partial charge on any atom is -0.0533 e. The van der Waals surface area contributed by atoms with Crippen LogP contribution in [0.2, 0.25) is 0 Å². The number of halogens is 2. The number of hydrogen-bond acceptors (Lipinski definition) is 0. The van der Waals surface area contributed by atoms with E-state index in [1.165, 1.54) is 38.5 Å². The van der Waals surface area contributed by atoms with Gasteiger partial charge in [-0.05, 0) is 8.91 Å². The second-order valence-corrected chi connectivity index (χ2v) is 2.12. The molecule has 1 saturated carbocycles. The Labute approximate surface area is 68.8 Å². The highest BCUT2D eigenvalue weighted by Gasteiger charge is 1.95. The van der Waals surface area contributed by atoms with Crippen LogP contribution in [-0.4, -0.2) is 0 Å². The van der Waals surface area contributed by atoms with Crippen LogP contribution in [0.5, 0.6) is 0 Å². The molecule has 0 heterocycles. The molecule has 0 amide bonds. The van der Waals surface area contributed by atoms with E-state index in [0.717, 1.165) is 0 Å². The summed E-state index contributed by atoms with van der Waals surface area (Å²) in [5.41, 5.74) is 0. The molecule has 2 heteroatoms. The highest BCUT2D eigenvalue weighted by molar-refractivity contribution is 14.1. The first kappa shape index (κ1) is 9.02. The molecular formula is C6H12ClI. The van der Waals surface area contributed by atoms with Gasteiger partial charge >= 0.3 is 0 Å². The van der Waals surface area contributed by atoms with Crippen molar-refractivity contribution in [1.29, 1.82) is 0 Å². The Morgan fingerprint density at radius 1 is 0.625 bits per heavy atom. The van der Waals surface area contributed by atoms with Crippen LogP contribution in [0.1, 0.15) is 38.5 Å². The molecule has 0 bridgehead atoms. The lowest BCUT2D eigenvalue weighted by Gasteiger charge is -2.05. The standard InChI is InChI=1S/C6H12.ClI/c1-2-4-6-5-3-1;1-2/h1-6H2;. The van der Waals surface area contributed by atoms with Gasteiger partial charge in [0, 0.05) is 21.5 Å². The summed E-state index contributed by atoms with van der Waals surface area (Å²) in [4.78, 5) is 0. The highest BCUT2D eigenvalue weighted by Crippen LogP contribution is 2.15. The van der Waals surface area contributed by atoms with Gasteiger partial charge in [-0.3, -0.25) is 0 Å². The second kappa shape index (κ2) is 8.02. The Morgan fingerprint density at radius 2 is 0.750 bits per heavy atom. The Bertz CT molecular complexity index is 24.0. The third-order valence-corrected chi connectivity index (χ3v) is 1.50. The first-order valence-corrected chi connectivity index (χ1v) is 5.87. The quantitative estimate of drug-likeness (QED) is 0.568. The summed E-state index contributed by atoms with van der Waals surface area (Å²) in [5, 5.41) is 0. The predicted octanol–water partition coefficient (Wildman–Crippen LogP) is 3.92. The van der Waals surface area contributed by atoms with E-state index in [0.29, 0.717) is 0 Å². The third-order valence-electron chi connectivity index (χ3n) is 1.50. The smallest absolute Gasteiger partial charge is 0.0425 e. The fourth-order valence-electron chi connectivity index (χ4n) is 1.06. The van der Waals surface area contributed by atoms with Crippen molar-refractivity contribution in [2.45, 2.75) is 38.5 Å². The van der Waals surface area contributed by atoms with E-state index in [2.05, 4.69) is 8.91 Å². The molecule has 0 aromatic rings. The second-order valence-electron chi connectivity index (χ2n) is 2.12. The Kier molecular flexibility index (Phi) is 9.04. The molecule has 0 aromatic carbocycles. The summed E-state index contributed by atoms with van der Waals surface area (Å²) in [5.74, 6) is 0. The summed E-state index contributed by atoms with van der Waals surface area (Å²) in [6, 6.07) is 0. The minimum absolute atomic E-state index is 1.50. The zero-order valence-corrected chi connectivity index (χ0v) is 7.91. The lowest BCUT2D eigenvalue weighted by atomic mass is 10.0. The first-order chi connectivity index (χ1) is 4.00. The molecule has 1 aliphatic carbocycles. The molecule has 0 radical (unpaired) electrons. The van der Waals surface area contributed by atoms with Crippen LogP contribution in [-0.2, 0) is 0 Å². The van der Waals surface area contributed by atoms with Crippen molar-refractivity contribution in [3.05, 3.63) is 0 Å². The minimum atomic E-state index is 1.50. The molecule has 50 valence electrons. The molecule has 0 nitrogen and oxygen atoms in total. The van der Waals surface area contributed by atoms with Crippen molar-refractivity contribution in [1.82, 2.24) is 0 Å². The van der Waals surface area contributed by atoms with Crippen LogP contribution >= 0.6 is 30.4 Å². The maximum Gasteiger partial charge on any atom is 0.0425 e. The lowest BCUT2D eigenvalue weighted by molar-refractivity contribution is 0.504. The fourth-order valence-corrected chi connectivity index (χ4v) is 1.06. The molecule has 1 rings (SSSR count). The maximum absolute atomic E-state index is 4.61. The molecule has 0 aliphatic heterocycles. The zero-order chi connectivity index (χ0) is 6.24. The summed E-state index contributed by atoms with van der Waals surface area (Å²) < 4.78 is 0. The maximum atomic E-state index is 4.61. The van der Waals surface area contributed by atoms with Crippen LogP contribution in [0.25, 0.3) is 0 Å². The summed E-state index contributed by atoms with van der Waals surface area (Å²) in [6.07, 6.45) is 9.00. The molecular weight excluding hydrogens is 234 g/mol. The molecule has 0 N–H and O–H groups in total. The summed E-state index contributed by atoms with van der Waals surface area (Å²) >= 11 is 1.62. The van der Waals surface area contributed by atoms with Gasteiger partial charge in [0.05, 0.1) is 0 Å². The van der Waals surface area contributed by atoms with E-state index in [9.17, 15) is 0 Å². The number of rotatable bonds is 0. The molecule has 0 spiro atoms. The van der Waals surface area contributed by atoms with E-state index in [1.807, 2.05) is 0 Å². The Morgan fingerprint density at radius 3 is 0.875 bits per heavy atom. The molecule has 0 saturated heterocycles. The molecule has 1 aliphatic rings. The predicted molar refractivity (Wildman–Crippen MR) is 47.6 cm³/mol. The molecule has 0 unspecified atom stereocenters. The van der Waals surface area contributed by atoms with Gasteiger partial charge in [-0.1, -0.05) is 38.5 Å². The van der Waals surface area contributed by atoms with Gasteiger partial charge < -0.3 is 0 Å². The van der Waals surface area contributed by atoms with Crippen molar-refractivity contribution in [3.8, 4) is 0 Å². The Balaban J connectivity index is 0.000000222. The van der Waals surface area contributed by atoms with E-state index < -0.39 is 0 Å².